The number of nitrogens with zero attached hydrogens (tertiary/aromatic N) is 2. The molecule has 0 N–H and O–H groups in total. The Kier molecular flexibility index (Phi) is 3.27. The lowest BCUT2D eigenvalue weighted by atomic mass is 9.82. The number of hydrogen-bond acceptors (Lipinski definition) is 1. The third-order valence-corrected chi connectivity index (χ3v) is 6.70. The topological polar surface area (TPSA) is 17.3 Å². The molecule has 4 aromatic rings. The SMILES string of the molecule is CC(C)(C)c1ccc2c(ccn3c2nc2ccc4c(c23)C(C)(C)CC4(C)C)c1. The Morgan fingerprint density at radius 3 is 2.39 bits per heavy atom. The molecule has 0 atom stereocenters. The summed E-state index contributed by atoms with van der Waals surface area (Å²) in [7, 11) is 0. The molecular formula is C26H30N2. The summed E-state index contributed by atoms with van der Waals surface area (Å²) in [6.07, 6.45) is 3.39. The molecule has 0 saturated carbocycles. The summed E-state index contributed by atoms with van der Waals surface area (Å²) in [6, 6.07) is 13.6. The molecule has 28 heavy (non-hydrogen) atoms. The second-order valence-electron chi connectivity index (χ2n) is 11.0. The highest BCUT2D eigenvalue weighted by Crippen LogP contribution is 2.51. The highest BCUT2D eigenvalue weighted by atomic mass is 15.0. The average Bonchev–Trinajstić information content (AvgIpc) is 3.05. The number of rotatable bonds is 0. The standard InChI is InChI=1S/C26H30N2/c1-24(2,3)17-8-9-18-16(14-17)12-13-28-22-20(27-23(18)28)11-10-19-21(22)26(6,7)15-25(19,4)5/h8-14H,15H2,1-7H3. The number of aromatic nitrogens is 2. The Morgan fingerprint density at radius 1 is 0.929 bits per heavy atom. The Hall–Kier alpha value is -2.35. The summed E-state index contributed by atoms with van der Waals surface area (Å²) < 4.78 is 2.33. The van der Waals surface area contributed by atoms with E-state index in [1.807, 2.05) is 0 Å². The molecule has 0 aliphatic heterocycles. The highest BCUT2D eigenvalue weighted by Gasteiger charge is 2.43. The molecule has 5 rings (SSSR count). The maximum Gasteiger partial charge on any atom is 0.145 e. The van der Waals surface area contributed by atoms with E-state index in [1.165, 1.54) is 39.4 Å². The molecule has 2 heteroatoms. The van der Waals surface area contributed by atoms with Crippen molar-refractivity contribution >= 4 is 27.5 Å². The van der Waals surface area contributed by atoms with Crippen LogP contribution in [0.4, 0.5) is 0 Å². The van der Waals surface area contributed by atoms with E-state index in [4.69, 9.17) is 4.98 Å². The van der Waals surface area contributed by atoms with Crippen LogP contribution in [-0.2, 0) is 16.2 Å². The molecule has 2 aromatic carbocycles. The van der Waals surface area contributed by atoms with Gasteiger partial charge in [-0.2, -0.15) is 0 Å². The van der Waals surface area contributed by atoms with Gasteiger partial charge in [-0.05, 0) is 56.9 Å². The fourth-order valence-electron chi connectivity index (χ4n) is 5.59. The van der Waals surface area contributed by atoms with E-state index < -0.39 is 0 Å². The fourth-order valence-corrected chi connectivity index (χ4v) is 5.59. The minimum Gasteiger partial charge on any atom is -0.299 e. The van der Waals surface area contributed by atoms with E-state index in [9.17, 15) is 0 Å². The number of benzene rings is 2. The quantitative estimate of drug-likeness (QED) is 0.329. The highest BCUT2D eigenvalue weighted by molar-refractivity contribution is 5.99. The zero-order chi connectivity index (χ0) is 20.1. The second-order valence-corrected chi connectivity index (χ2v) is 11.0. The van der Waals surface area contributed by atoms with Crippen molar-refractivity contribution in [3.05, 3.63) is 59.3 Å². The van der Waals surface area contributed by atoms with Gasteiger partial charge in [-0.3, -0.25) is 4.40 Å². The molecular weight excluding hydrogens is 340 g/mol. The Morgan fingerprint density at radius 2 is 1.68 bits per heavy atom. The molecule has 1 aliphatic carbocycles. The molecule has 2 aromatic heterocycles. The molecule has 1 aliphatic rings. The summed E-state index contributed by atoms with van der Waals surface area (Å²) in [6.45, 7) is 16.3. The molecule has 144 valence electrons. The van der Waals surface area contributed by atoms with Crippen LogP contribution < -0.4 is 0 Å². The van der Waals surface area contributed by atoms with Gasteiger partial charge in [-0.25, -0.2) is 4.98 Å². The molecule has 0 saturated heterocycles. The lowest BCUT2D eigenvalue weighted by molar-refractivity contribution is 0.404. The zero-order valence-electron chi connectivity index (χ0n) is 18.1. The van der Waals surface area contributed by atoms with Crippen molar-refractivity contribution in [3.63, 3.8) is 0 Å². The largest absolute Gasteiger partial charge is 0.299 e. The molecule has 0 unspecified atom stereocenters. The molecule has 0 radical (unpaired) electrons. The zero-order valence-corrected chi connectivity index (χ0v) is 18.1. The normalized spacial score (nSPS) is 18.2. The summed E-state index contributed by atoms with van der Waals surface area (Å²) in [4.78, 5) is 5.09. The van der Waals surface area contributed by atoms with Crippen LogP contribution in [0.3, 0.4) is 0 Å². The van der Waals surface area contributed by atoms with Crippen LogP contribution in [0.2, 0.25) is 0 Å². The van der Waals surface area contributed by atoms with Crippen molar-refractivity contribution in [1.29, 1.82) is 0 Å². The molecule has 0 spiro atoms. The molecule has 2 heterocycles. The van der Waals surface area contributed by atoms with Crippen LogP contribution in [0.5, 0.6) is 0 Å². The second kappa shape index (κ2) is 5.17. The molecule has 0 bridgehead atoms. The van der Waals surface area contributed by atoms with E-state index in [0.29, 0.717) is 0 Å². The van der Waals surface area contributed by atoms with Gasteiger partial charge in [0.25, 0.3) is 0 Å². The van der Waals surface area contributed by atoms with Gasteiger partial charge in [0.05, 0.1) is 11.0 Å². The average molecular weight is 371 g/mol. The van der Waals surface area contributed by atoms with Crippen LogP contribution in [0, 0.1) is 0 Å². The first-order valence-corrected chi connectivity index (χ1v) is 10.4. The van der Waals surface area contributed by atoms with Gasteiger partial charge in [-0.15, -0.1) is 0 Å². The van der Waals surface area contributed by atoms with Crippen LogP contribution in [0.1, 0.15) is 71.6 Å². The number of pyridine rings is 1. The number of imidazole rings is 1. The van der Waals surface area contributed by atoms with Gasteiger partial charge in [-0.1, -0.05) is 72.7 Å². The summed E-state index contributed by atoms with van der Waals surface area (Å²) in [5.41, 5.74) is 8.31. The van der Waals surface area contributed by atoms with E-state index in [-0.39, 0.29) is 16.2 Å². The maximum absolute atomic E-state index is 5.09. The Bertz CT molecular complexity index is 1260. The molecule has 2 nitrogen and oxygen atoms in total. The van der Waals surface area contributed by atoms with Gasteiger partial charge in [0.1, 0.15) is 5.65 Å². The maximum atomic E-state index is 5.09. The molecule has 0 fully saturated rings. The lowest BCUT2D eigenvalue weighted by Gasteiger charge is -2.22. The van der Waals surface area contributed by atoms with Gasteiger partial charge in [0.15, 0.2) is 0 Å². The summed E-state index contributed by atoms with van der Waals surface area (Å²) >= 11 is 0. The van der Waals surface area contributed by atoms with Gasteiger partial charge in [0, 0.05) is 11.6 Å². The van der Waals surface area contributed by atoms with Crippen molar-refractivity contribution in [2.45, 2.75) is 71.1 Å². The van der Waals surface area contributed by atoms with Gasteiger partial charge >= 0.3 is 0 Å². The van der Waals surface area contributed by atoms with E-state index in [2.05, 4.69) is 95.5 Å². The van der Waals surface area contributed by atoms with Crippen molar-refractivity contribution in [2.24, 2.45) is 0 Å². The van der Waals surface area contributed by atoms with Crippen LogP contribution >= 0.6 is 0 Å². The van der Waals surface area contributed by atoms with Crippen molar-refractivity contribution in [2.75, 3.05) is 0 Å². The Balaban J connectivity index is 1.88. The molecule has 0 amide bonds. The van der Waals surface area contributed by atoms with Crippen molar-refractivity contribution in [3.8, 4) is 0 Å². The van der Waals surface area contributed by atoms with Crippen molar-refractivity contribution in [1.82, 2.24) is 9.38 Å². The van der Waals surface area contributed by atoms with Crippen molar-refractivity contribution < 1.29 is 0 Å². The predicted octanol–water partition coefficient (Wildman–Crippen LogP) is 6.90. The lowest BCUT2D eigenvalue weighted by Crippen LogP contribution is -2.18. The summed E-state index contributed by atoms with van der Waals surface area (Å²) in [5.74, 6) is 0. The first-order chi connectivity index (χ1) is 13.0. The van der Waals surface area contributed by atoms with E-state index in [1.54, 1.807) is 0 Å². The first-order valence-electron chi connectivity index (χ1n) is 10.4. The van der Waals surface area contributed by atoms with Gasteiger partial charge in [0.2, 0.25) is 0 Å². The smallest absolute Gasteiger partial charge is 0.145 e. The Labute approximate surface area is 167 Å². The predicted molar refractivity (Wildman–Crippen MR) is 120 cm³/mol. The van der Waals surface area contributed by atoms with Crippen LogP contribution in [0.25, 0.3) is 27.5 Å². The van der Waals surface area contributed by atoms with E-state index in [0.717, 1.165) is 11.2 Å². The summed E-state index contributed by atoms with van der Waals surface area (Å²) in [5, 5.41) is 2.50. The minimum atomic E-state index is 0.150. The van der Waals surface area contributed by atoms with Crippen LogP contribution in [0.15, 0.2) is 42.6 Å². The number of hydrogen-bond donors (Lipinski definition) is 0. The third kappa shape index (κ3) is 2.30. The third-order valence-electron chi connectivity index (χ3n) is 6.70. The minimum absolute atomic E-state index is 0.150. The van der Waals surface area contributed by atoms with Crippen LogP contribution in [-0.4, -0.2) is 9.38 Å². The monoisotopic (exact) mass is 370 g/mol. The fraction of sp³-hybridized carbons (Fsp3) is 0.423. The van der Waals surface area contributed by atoms with Gasteiger partial charge < -0.3 is 0 Å². The number of fused-ring (bicyclic) bond motifs is 7. The van der Waals surface area contributed by atoms with E-state index >= 15 is 0 Å². The first kappa shape index (κ1) is 17.7.